The first kappa shape index (κ1) is 22.0. The van der Waals surface area contributed by atoms with E-state index in [0.717, 1.165) is 18.3 Å². The minimum Gasteiger partial charge on any atom is -0.508 e. The Hall–Kier alpha value is -2.02. The third-order valence-electron chi connectivity index (χ3n) is 4.30. The van der Waals surface area contributed by atoms with Gasteiger partial charge in [0.05, 0.1) is 6.04 Å². The highest BCUT2D eigenvalue weighted by Crippen LogP contribution is 2.12. The summed E-state index contributed by atoms with van der Waals surface area (Å²) < 4.78 is 0. The van der Waals surface area contributed by atoms with Crippen molar-refractivity contribution in [1.29, 1.82) is 0 Å². The number of phenols is 1. The van der Waals surface area contributed by atoms with Gasteiger partial charge in [-0.2, -0.15) is 12.6 Å². The fourth-order valence-corrected chi connectivity index (χ4v) is 2.57. The molecule has 7 heteroatoms. The molecule has 0 aromatic heterocycles. The highest BCUT2D eigenvalue weighted by atomic mass is 32.1. The molecule has 0 unspecified atom stereocenters. The lowest BCUT2D eigenvalue weighted by atomic mass is 9.99. The molecule has 0 radical (unpaired) electrons. The van der Waals surface area contributed by atoms with E-state index in [0.29, 0.717) is 12.2 Å². The molecule has 6 nitrogen and oxygen atoms in total. The third-order valence-corrected chi connectivity index (χ3v) is 4.62. The highest BCUT2D eigenvalue weighted by molar-refractivity contribution is 7.80. The smallest absolute Gasteiger partial charge is 0.243 e. The molecule has 144 valence electrons. The summed E-state index contributed by atoms with van der Waals surface area (Å²) in [4.78, 5) is 36.0. The SMILES string of the molecule is CC[C@H](C)[C@@H](C=O)NC(=O)[C@H](Cc1ccc(O)cc1)NC(=O)CCCS. The molecule has 3 atom stereocenters. The maximum absolute atomic E-state index is 12.7. The largest absolute Gasteiger partial charge is 0.508 e. The van der Waals surface area contributed by atoms with Crippen LogP contribution in [0.15, 0.2) is 24.3 Å². The Labute approximate surface area is 160 Å². The Morgan fingerprint density at radius 2 is 1.88 bits per heavy atom. The lowest BCUT2D eigenvalue weighted by Gasteiger charge is -2.23. The van der Waals surface area contributed by atoms with Crippen LogP contribution < -0.4 is 10.6 Å². The molecule has 0 bridgehead atoms. The molecule has 26 heavy (non-hydrogen) atoms. The van der Waals surface area contributed by atoms with Gasteiger partial charge in [-0.15, -0.1) is 0 Å². The molecule has 0 spiro atoms. The van der Waals surface area contributed by atoms with Gasteiger partial charge in [-0.3, -0.25) is 9.59 Å². The second-order valence-corrected chi connectivity index (χ2v) is 6.82. The molecular weight excluding hydrogens is 352 g/mol. The van der Waals surface area contributed by atoms with Crippen LogP contribution in [0.2, 0.25) is 0 Å². The molecule has 2 amide bonds. The van der Waals surface area contributed by atoms with Crippen molar-refractivity contribution in [2.24, 2.45) is 5.92 Å². The van der Waals surface area contributed by atoms with Gasteiger partial charge >= 0.3 is 0 Å². The summed E-state index contributed by atoms with van der Waals surface area (Å²) in [5.41, 5.74) is 0.795. The Bertz CT molecular complexity index is 592. The second-order valence-electron chi connectivity index (χ2n) is 6.37. The van der Waals surface area contributed by atoms with E-state index < -0.39 is 18.0 Å². The van der Waals surface area contributed by atoms with Crippen LogP contribution in [0.4, 0.5) is 0 Å². The monoisotopic (exact) mass is 380 g/mol. The Morgan fingerprint density at radius 3 is 2.42 bits per heavy atom. The van der Waals surface area contributed by atoms with Gasteiger partial charge in [-0.1, -0.05) is 32.4 Å². The van der Waals surface area contributed by atoms with E-state index in [4.69, 9.17) is 0 Å². The summed E-state index contributed by atoms with van der Waals surface area (Å²) in [6, 6.07) is 5.06. The molecule has 1 aromatic rings. The molecule has 0 heterocycles. The molecule has 0 aliphatic heterocycles. The van der Waals surface area contributed by atoms with Crippen LogP contribution in [0.5, 0.6) is 5.75 Å². The lowest BCUT2D eigenvalue weighted by molar-refractivity contribution is -0.130. The standard InChI is InChI=1S/C19H28N2O4S/c1-3-13(2)17(12-22)21-19(25)16(20-18(24)5-4-10-26)11-14-6-8-15(23)9-7-14/h6-9,12-13,16-17,23,26H,3-5,10-11H2,1-2H3,(H,20,24)(H,21,25)/t13-,16-,17+/m0/s1. The Kier molecular flexibility index (Phi) is 9.80. The second kappa shape index (κ2) is 11.6. The van der Waals surface area contributed by atoms with Gasteiger partial charge in [-0.05, 0) is 35.8 Å². The van der Waals surface area contributed by atoms with E-state index in [1.807, 2.05) is 13.8 Å². The third kappa shape index (κ3) is 7.47. The molecule has 0 fully saturated rings. The number of aldehydes is 1. The van der Waals surface area contributed by atoms with Crippen molar-refractivity contribution < 1.29 is 19.5 Å². The summed E-state index contributed by atoms with van der Waals surface area (Å²) in [5.74, 6) is 0.0959. The average molecular weight is 381 g/mol. The van der Waals surface area contributed by atoms with Gasteiger partial charge in [-0.25, -0.2) is 0 Å². The van der Waals surface area contributed by atoms with Crippen LogP contribution in [-0.2, 0) is 20.8 Å². The molecule has 0 saturated carbocycles. The van der Waals surface area contributed by atoms with Gasteiger partial charge in [0.25, 0.3) is 0 Å². The number of hydrogen-bond acceptors (Lipinski definition) is 5. The van der Waals surface area contributed by atoms with Crippen molar-refractivity contribution in [3.63, 3.8) is 0 Å². The summed E-state index contributed by atoms with van der Waals surface area (Å²) >= 11 is 4.09. The van der Waals surface area contributed by atoms with Crippen LogP contribution in [-0.4, -0.2) is 41.0 Å². The quantitative estimate of drug-likeness (QED) is 0.348. The number of amides is 2. The molecular formula is C19H28N2O4S. The van der Waals surface area contributed by atoms with Gasteiger partial charge in [0, 0.05) is 12.8 Å². The Balaban J connectivity index is 2.86. The zero-order chi connectivity index (χ0) is 19.5. The van der Waals surface area contributed by atoms with Crippen LogP contribution in [0.1, 0.15) is 38.7 Å². The number of benzene rings is 1. The van der Waals surface area contributed by atoms with Crippen molar-refractivity contribution in [3.05, 3.63) is 29.8 Å². The van der Waals surface area contributed by atoms with E-state index >= 15 is 0 Å². The predicted molar refractivity (Wildman–Crippen MR) is 104 cm³/mol. The summed E-state index contributed by atoms with van der Waals surface area (Å²) in [6.45, 7) is 3.83. The van der Waals surface area contributed by atoms with Crippen molar-refractivity contribution in [2.75, 3.05) is 5.75 Å². The molecule has 1 aromatic carbocycles. The van der Waals surface area contributed by atoms with E-state index in [1.165, 1.54) is 12.1 Å². The summed E-state index contributed by atoms with van der Waals surface area (Å²) in [6.07, 6.45) is 2.65. The zero-order valence-electron chi connectivity index (χ0n) is 15.3. The first-order valence-corrected chi connectivity index (χ1v) is 9.48. The van der Waals surface area contributed by atoms with Crippen LogP contribution >= 0.6 is 12.6 Å². The van der Waals surface area contributed by atoms with Crippen molar-refractivity contribution in [1.82, 2.24) is 10.6 Å². The first-order valence-electron chi connectivity index (χ1n) is 8.85. The number of carbonyl (C=O) groups is 3. The molecule has 1 rings (SSSR count). The molecule has 3 N–H and O–H groups in total. The van der Waals surface area contributed by atoms with Crippen molar-refractivity contribution in [3.8, 4) is 5.75 Å². The number of nitrogens with one attached hydrogen (secondary N) is 2. The average Bonchev–Trinajstić information content (AvgIpc) is 2.64. The molecule has 0 saturated heterocycles. The predicted octanol–water partition coefficient (Wildman–Crippen LogP) is 1.86. The topological polar surface area (TPSA) is 95.5 Å². The fourth-order valence-electron chi connectivity index (χ4n) is 2.41. The van der Waals surface area contributed by atoms with Crippen molar-refractivity contribution in [2.45, 2.75) is 51.6 Å². The maximum atomic E-state index is 12.7. The number of rotatable bonds is 11. The minimum absolute atomic E-state index is 0.00524. The lowest BCUT2D eigenvalue weighted by Crippen LogP contribution is -2.52. The maximum Gasteiger partial charge on any atom is 0.243 e. The van der Waals surface area contributed by atoms with Crippen molar-refractivity contribution >= 4 is 30.7 Å². The minimum atomic E-state index is -0.793. The van der Waals surface area contributed by atoms with E-state index in [9.17, 15) is 19.5 Å². The number of carbonyl (C=O) groups excluding carboxylic acids is 3. The van der Waals surface area contributed by atoms with Crippen LogP contribution in [0.3, 0.4) is 0 Å². The zero-order valence-corrected chi connectivity index (χ0v) is 16.2. The Morgan fingerprint density at radius 1 is 1.23 bits per heavy atom. The van der Waals surface area contributed by atoms with Gasteiger partial charge in [0.2, 0.25) is 11.8 Å². The number of thiol groups is 1. The normalized spacial score (nSPS) is 14.1. The molecule has 0 aliphatic carbocycles. The number of aromatic hydroxyl groups is 1. The number of phenolic OH excluding ortho intramolecular Hbond substituents is 1. The van der Waals surface area contributed by atoms with Crippen LogP contribution in [0.25, 0.3) is 0 Å². The molecule has 0 aliphatic rings. The summed E-state index contributed by atoms with van der Waals surface area (Å²) in [7, 11) is 0. The fraction of sp³-hybridized carbons (Fsp3) is 0.526. The van der Waals surface area contributed by atoms with E-state index in [-0.39, 0.29) is 30.4 Å². The van der Waals surface area contributed by atoms with Gasteiger partial charge in [0.15, 0.2) is 0 Å². The van der Waals surface area contributed by atoms with Gasteiger partial charge in [0.1, 0.15) is 18.1 Å². The van der Waals surface area contributed by atoms with E-state index in [2.05, 4.69) is 23.3 Å². The highest BCUT2D eigenvalue weighted by Gasteiger charge is 2.25. The summed E-state index contributed by atoms with van der Waals surface area (Å²) in [5, 5.41) is 14.8. The first-order chi connectivity index (χ1) is 12.4. The number of hydrogen-bond donors (Lipinski definition) is 4. The van der Waals surface area contributed by atoms with Crippen LogP contribution in [0, 0.1) is 5.92 Å². The van der Waals surface area contributed by atoms with E-state index in [1.54, 1.807) is 12.1 Å². The van der Waals surface area contributed by atoms with Gasteiger partial charge < -0.3 is 20.5 Å².